The Bertz CT molecular complexity index is 1140. The van der Waals surface area contributed by atoms with E-state index in [1.165, 1.54) is 56.9 Å². The first-order valence-electron chi connectivity index (χ1n) is 15.1. The fraction of sp³-hybridized carbons (Fsp3) is 0.667. The highest BCUT2D eigenvalue weighted by molar-refractivity contribution is 6.00. The minimum absolute atomic E-state index is 0.0731. The first-order valence-corrected chi connectivity index (χ1v) is 15.1. The number of rotatable bonds is 8. The van der Waals surface area contributed by atoms with Crippen LogP contribution in [0.4, 0.5) is 11.4 Å². The molecule has 0 aromatic heterocycles. The highest BCUT2D eigenvalue weighted by Crippen LogP contribution is 2.66. The molecule has 7 atom stereocenters. The Morgan fingerprint density at radius 3 is 2.63 bits per heavy atom. The predicted molar refractivity (Wildman–Crippen MR) is 157 cm³/mol. The molecule has 0 bridgehead atoms. The summed E-state index contributed by atoms with van der Waals surface area (Å²) in [7, 11) is 0. The Morgan fingerprint density at radius 2 is 1.87 bits per heavy atom. The van der Waals surface area contributed by atoms with Crippen LogP contribution in [0.3, 0.4) is 0 Å². The summed E-state index contributed by atoms with van der Waals surface area (Å²) in [6, 6.07) is 6.85. The van der Waals surface area contributed by atoms with Crippen LogP contribution in [0.25, 0.3) is 0 Å². The van der Waals surface area contributed by atoms with Gasteiger partial charge in [-0.2, -0.15) is 5.10 Å². The lowest BCUT2D eigenvalue weighted by atomic mass is 9.47. The average molecular weight is 518 g/mol. The fourth-order valence-electron chi connectivity index (χ4n) is 9.05. The zero-order valence-corrected chi connectivity index (χ0v) is 24.1. The van der Waals surface area contributed by atoms with Crippen molar-refractivity contribution < 1.29 is 4.92 Å². The number of benzene rings is 1. The number of para-hydroxylation sites is 2. The molecule has 2 saturated carbocycles. The second kappa shape index (κ2) is 10.6. The molecule has 0 spiro atoms. The molecule has 5 nitrogen and oxygen atoms in total. The standard InChI is InChI=1S/C33H47N3O2/c1-22(2)11-10-12-23(3)25-16-17-26-31-27(18-20-33(25,26)5)32(4)19-9-8-13-24(32)21-29(31)35-34-28-14-6-7-15-30(28)36(37)38/h6-8,13-15,21-23,25-27,31,34H,9-12,16-20H2,1-5H3/b35-29-/t23-,25-,26+,27+,31+,32+,33-/m1/s1. The van der Waals surface area contributed by atoms with Gasteiger partial charge < -0.3 is 0 Å². The van der Waals surface area contributed by atoms with Crippen molar-refractivity contribution in [1.82, 2.24) is 0 Å². The van der Waals surface area contributed by atoms with Crippen LogP contribution in [0.2, 0.25) is 0 Å². The third kappa shape index (κ3) is 4.75. The molecule has 5 heteroatoms. The number of allylic oxidation sites excluding steroid dienone is 4. The topological polar surface area (TPSA) is 67.5 Å². The molecule has 1 aromatic carbocycles. The number of hydrogen-bond acceptors (Lipinski definition) is 4. The summed E-state index contributed by atoms with van der Waals surface area (Å²) >= 11 is 0. The summed E-state index contributed by atoms with van der Waals surface area (Å²) in [4.78, 5) is 11.3. The third-order valence-electron chi connectivity index (χ3n) is 11.1. The van der Waals surface area contributed by atoms with Crippen LogP contribution in [-0.2, 0) is 0 Å². The van der Waals surface area contributed by atoms with E-state index in [2.05, 4.69) is 58.3 Å². The van der Waals surface area contributed by atoms with E-state index in [4.69, 9.17) is 5.10 Å². The van der Waals surface area contributed by atoms with Gasteiger partial charge >= 0.3 is 0 Å². The summed E-state index contributed by atoms with van der Waals surface area (Å²) in [5.41, 5.74) is 6.72. The summed E-state index contributed by atoms with van der Waals surface area (Å²) in [6.07, 6.45) is 18.5. The van der Waals surface area contributed by atoms with Gasteiger partial charge in [0, 0.05) is 12.0 Å². The van der Waals surface area contributed by atoms with Crippen molar-refractivity contribution in [2.24, 2.45) is 51.4 Å². The summed E-state index contributed by atoms with van der Waals surface area (Å²) in [5.74, 6) is 3.91. The molecule has 4 aliphatic carbocycles. The van der Waals surface area contributed by atoms with E-state index in [1.54, 1.807) is 18.2 Å². The number of nitro benzene ring substituents is 1. The van der Waals surface area contributed by atoms with E-state index in [-0.39, 0.29) is 16.0 Å². The van der Waals surface area contributed by atoms with Gasteiger partial charge in [-0.3, -0.25) is 15.5 Å². The molecule has 0 aliphatic heterocycles. The Morgan fingerprint density at radius 1 is 1.08 bits per heavy atom. The smallest absolute Gasteiger partial charge is 0.271 e. The molecule has 0 unspecified atom stereocenters. The van der Waals surface area contributed by atoms with Crippen LogP contribution in [0.5, 0.6) is 0 Å². The summed E-state index contributed by atoms with van der Waals surface area (Å²) in [5, 5.41) is 16.6. The van der Waals surface area contributed by atoms with E-state index >= 15 is 0 Å². The van der Waals surface area contributed by atoms with Gasteiger partial charge in [0.1, 0.15) is 5.69 Å². The Labute approximate surface area is 229 Å². The molecule has 2 fully saturated rings. The average Bonchev–Trinajstić information content (AvgIpc) is 3.24. The lowest BCUT2D eigenvalue weighted by Gasteiger charge is -2.57. The van der Waals surface area contributed by atoms with E-state index in [0.717, 1.165) is 29.9 Å². The molecule has 206 valence electrons. The van der Waals surface area contributed by atoms with Gasteiger partial charge in [-0.25, -0.2) is 0 Å². The van der Waals surface area contributed by atoms with Gasteiger partial charge in [-0.15, -0.1) is 0 Å². The van der Waals surface area contributed by atoms with Crippen LogP contribution >= 0.6 is 0 Å². The zero-order valence-electron chi connectivity index (χ0n) is 24.1. The molecular weight excluding hydrogens is 470 g/mol. The molecule has 38 heavy (non-hydrogen) atoms. The molecule has 4 aliphatic rings. The van der Waals surface area contributed by atoms with Crippen LogP contribution in [0.15, 0.2) is 53.2 Å². The maximum Gasteiger partial charge on any atom is 0.294 e. The van der Waals surface area contributed by atoms with Crippen molar-refractivity contribution in [3.8, 4) is 0 Å². The van der Waals surface area contributed by atoms with E-state index < -0.39 is 0 Å². The third-order valence-corrected chi connectivity index (χ3v) is 11.1. The summed E-state index contributed by atoms with van der Waals surface area (Å²) in [6.45, 7) is 12.3. The number of anilines is 1. The number of hydrogen-bond donors (Lipinski definition) is 1. The number of hydrazone groups is 1. The first kappa shape index (κ1) is 27.1. The van der Waals surface area contributed by atoms with Crippen molar-refractivity contribution in [3.05, 3.63) is 58.2 Å². The molecule has 1 aromatic rings. The lowest BCUT2D eigenvalue weighted by Crippen LogP contribution is -2.52. The number of nitrogens with zero attached hydrogens (tertiary/aromatic N) is 2. The van der Waals surface area contributed by atoms with Gasteiger partial charge in [0.2, 0.25) is 0 Å². The van der Waals surface area contributed by atoms with E-state index in [1.807, 2.05) is 6.07 Å². The monoisotopic (exact) mass is 517 g/mol. The number of fused-ring (bicyclic) bond motifs is 5. The van der Waals surface area contributed by atoms with Crippen LogP contribution < -0.4 is 5.43 Å². The lowest BCUT2D eigenvalue weighted by molar-refractivity contribution is -0.384. The maximum atomic E-state index is 11.6. The molecular formula is C33H47N3O2. The Kier molecular flexibility index (Phi) is 7.59. The molecule has 1 N–H and O–H groups in total. The van der Waals surface area contributed by atoms with Crippen molar-refractivity contribution in [1.29, 1.82) is 0 Å². The maximum absolute atomic E-state index is 11.6. The predicted octanol–water partition coefficient (Wildman–Crippen LogP) is 9.18. The van der Waals surface area contributed by atoms with Crippen molar-refractivity contribution >= 4 is 17.1 Å². The highest BCUT2D eigenvalue weighted by Gasteiger charge is 2.60. The van der Waals surface area contributed by atoms with Crippen LogP contribution in [-0.4, -0.2) is 10.6 Å². The SMILES string of the molecule is CC(C)CCC[C@@H](C)[C@H]1CC[C@H]2[C@@H]3/C(=N\Nc4ccccc4[N+](=O)[O-])C=C4C=CCC[C@]4(C)[C@H]3CC[C@]12C. The van der Waals surface area contributed by atoms with E-state index in [0.29, 0.717) is 28.9 Å². The zero-order chi connectivity index (χ0) is 27.1. The molecule has 0 heterocycles. The quantitative estimate of drug-likeness (QED) is 0.276. The molecule has 0 amide bonds. The molecule has 5 rings (SSSR count). The van der Waals surface area contributed by atoms with Gasteiger partial charge in [-0.05, 0) is 96.7 Å². The van der Waals surface area contributed by atoms with Crippen molar-refractivity contribution in [2.75, 3.05) is 5.43 Å². The van der Waals surface area contributed by atoms with Gasteiger partial charge in [-0.1, -0.05) is 78.2 Å². The molecule has 0 radical (unpaired) electrons. The van der Waals surface area contributed by atoms with Gasteiger partial charge in [0.25, 0.3) is 5.69 Å². The molecule has 0 saturated heterocycles. The van der Waals surface area contributed by atoms with Crippen molar-refractivity contribution in [3.63, 3.8) is 0 Å². The first-order chi connectivity index (χ1) is 18.1. The minimum Gasteiger partial charge on any atom is -0.271 e. The van der Waals surface area contributed by atoms with E-state index in [9.17, 15) is 10.1 Å². The Hall–Kier alpha value is -2.43. The van der Waals surface area contributed by atoms with Gasteiger partial charge in [0.05, 0.1) is 10.6 Å². The normalized spacial score (nSPS) is 35.8. The van der Waals surface area contributed by atoms with Crippen LogP contribution in [0, 0.1) is 56.5 Å². The second-order valence-electron chi connectivity index (χ2n) is 13.7. The highest BCUT2D eigenvalue weighted by atomic mass is 16.6. The van der Waals surface area contributed by atoms with Crippen molar-refractivity contribution in [2.45, 2.75) is 92.4 Å². The Balaban J connectivity index is 1.48. The largest absolute Gasteiger partial charge is 0.294 e. The minimum atomic E-state index is -0.328. The second-order valence-corrected chi connectivity index (χ2v) is 13.7. The van der Waals surface area contributed by atoms with Gasteiger partial charge in [0.15, 0.2) is 0 Å². The number of nitro groups is 1. The summed E-state index contributed by atoms with van der Waals surface area (Å²) < 4.78 is 0. The number of nitrogens with one attached hydrogen (secondary N) is 1. The van der Waals surface area contributed by atoms with Crippen LogP contribution in [0.1, 0.15) is 92.4 Å². The fourth-order valence-corrected chi connectivity index (χ4v) is 9.05.